The zero-order valence-electron chi connectivity index (χ0n) is 32.8. The Morgan fingerprint density at radius 1 is 0.630 bits per heavy atom. The topological polar surface area (TPSA) is 186 Å². The maximum Gasteiger partial charge on any atom is 0.306 e. The lowest BCUT2D eigenvalue weighted by molar-refractivity contribution is -0.297. The number of hydrogen-bond acceptors (Lipinski definition) is 11. The summed E-state index contributed by atoms with van der Waals surface area (Å²) in [5.74, 6) is -2.06. The smallest absolute Gasteiger partial charge is 0.306 e. The van der Waals surface area contributed by atoms with Crippen LogP contribution in [0.1, 0.15) is 142 Å². The highest BCUT2D eigenvalue weighted by molar-refractivity contribution is 7.85. The quantitative estimate of drug-likeness (QED) is 0.0233. The minimum Gasteiger partial charge on any atom is -0.462 e. The van der Waals surface area contributed by atoms with Gasteiger partial charge in [-0.3, -0.25) is 14.1 Å². The van der Waals surface area contributed by atoms with Crippen LogP contribution in [0, 0.1) is 0 Å². The van der Waals surface area contributed by atoms with Crippen LogP contribution < -0.4 is 0 Å². The summed E-state index contributed by atoms with van der Waals surface area (Å²) in [6.07, 6.45) is 26.1. The first kappa shape index (κ1) is 49.6. The lowest BCUT2D eigenvalue weighted by Crippen LogP contribution is -2.60. The van der Waals surface area contributed by atoms with Gasteiger partial charge in [-0.15, -0.1) is 0 Å². The molecule has 2 unspecified atom stereocenters. The molecular formula is C41H70O12S. The first-order valence-electron chi connectivity index (χ1n) is 20.2. The molecule has 0 aromatic carbocycles. The number of unbranched alkanes of at least 4 members (excludes halogenated alkanes) is 12. The molecule has 0 saturated carbocycles. The fourth-order valence-corrected chi connectivity index (χ4v) is 6.42. The summed E-state index contributed by atoms with van der Waals surface area (Å²) in [4.78, 5) is 25.2. The number of carbonyl (C=O) groups is 2. The summed E-state index contributed by atoms with van der Waals surface area (Å²) < 4.78 is 53.7. The molecule has 54 heavy (non-hydrogen) atoms. The van der Waals surface area contributed by atoms with Gasteiger partial charge in [0.1, 0.15) is 36.8 Å². The number of esters is 2. The van der Waals surface area contributed by atoms with Crippen LogP contribution in [0.15, 0.2) is 48.6 Å². The number of rotatable bonds is 32. The summed E-state index contributed by atoms with van der Waals surface area (Å²) >= 11 is 0. The highest BCUT2D eigenvalue weighted by atomic mass is 32.2. The van der Waals surface area contributed by atoms with E-state index in [2.05, 4.69) is 50.3 Å². The largest absolute Gasteiger partial charge is 0.462 e. The summed E-state index contributed by atoms with van der Waals surface area (Å²) in [6.45, 7) is 3.63. The van der Waals surface area contributed by atoms with Gasteiger partial charge in [0.25, 0.3) is 10.1 Å². The SMILES string of the molecule is CCCCC/C=C/C/C=C/C/C=C/C/C=C/CCCC(=O)OC[C@H](CO[C@H]1O[C@H](CS(=O)(=O)O)[C@@H](O)C(O)C1O)OC(=O)CCCCCCCCCCC. The predicted octanol–water partition coefficient (Wildman–Crippen LogP) is 7.22. The van der Waals surface area contributed by atoms with E-state index in [1.807, 2.05) is 12.2 Å². The Balaban J connectivity index is 2.52. The molecular weight excluding hydrogens is 717 g/mol. The molecule has 0 radical (unpaired) electrons. The first-order chi connectivity index (χ1) is 26.0. The lowest BCUT2D eigenvalue weighted by Gasteiger charge is -2.40. The first-order valence-corrected chi connectivity index (χ1v) is 21.8. The van der Waals surface area contributed by atoms with Gasteiger partial charge in [0.15, 0.2) is 12.4 Å². The van der Waals surface area contributed by atoms with Crippen molar-refractivity contribution in [3.05, 3.63) is 48.6 Å². The maximum atomic E-state index is 12.7. The molecule has 1 aliphatic heterocycles. The normalized spacial score (nSPS) is 21.5. The van der Waals surface area contributed by atoms with E-state index < -0.39 is 71.2 Å². The molecule has 13 heteroatoms. The molecule has 1 saturated heterocycles. The van der Waals surface area contributed by atoms with Crippen LogP contribution >= 0.6 is 0 Å². The Labute approximate surface area is 324 Å². The van der Waals surface area contributed by atoms with Crippen molar-refractivity contribution >= 4 is 22.1 Å². The van der Waals surface area contributed by atoms with E-state index in [1.165, 1.54) is 51.4 Å². The van der Waals surface area contributed by atoms with Gasteiger partial charge in [-0.2, -0.15) is 8.42 Å². The van der Waals surface area contributed by atoms with E-state index in [0.29, 0.717) is 19.3 Å². The number of allylic oxidation sites excluding steroid dienone is 8. The van der Waals surface area contributed by atoms with Crippen LogP contribution in [-0.4, -0.2) is 96.0 Å². The molecule has 4 N–H and O–H groups in total. The van der Waals surface area contributed by atoms with Gasteiger partial charge < -0.3 is 34.3 Å². The molecule has 1 rings (SSSR count). The fourth-order valence-electron chi connectivity index (χ4n) is 5.73. The van der Waals surface area contributed by atoms with Crippen LogP contribution in [0.4, 0.5) is 0 Å². The van der Waals surface area contributed by atoms with Crippen molar-refractivity contribution in [3.8, 4) is 0 Å². The molecule has 312 valence electrons. The number of ether oxygens (including phenoxy) is 4. The van der Waals surface area contributed by atoms with Gasteiger partial charge in [0, 0.05) is 12.8 Å². The van der Waals surface area contributed by atoms with Crippen LogP contribution in [0.5, 0.6) is 0 Å². The second-order valence-corrected chi connectivity index (χ2v) is 15.4. The zero-order valence-corrected chi connectivity index (χ0v) is 33.6. The average Bonchev–Trinajstić information content (AvgIpc) is 3.13. The number of carbonyl (C=O) groups excluding carboxylic acids is 2. The summed E-state index contributed by atoms with van der Waals surface area (Å²) in [6, 6.07) is 0. The lowest BCUT2D eigenvalue weighted by atomic mass is 10.00. The van der Waals surface area contributed by atoms with E-state index in [-0.39, 0.29) is 19.4 Å². The average molecular weight is 787 g/mol. The van der Waals surface area contributed by atoms with Gasteiger partial charge in [-0.05, 0) is 51.4 Å². The summed E-state index contributed by atoms with van der Waals surface area (Å²) in [7, 11) is -4.60. The molecule has 0 aromatic heterocycles. The van der Waals surface area contributed by atoms with E-state index >= 15 is 0 Å². The Morgan fingerprint density at radius 2 is 1.13 bits per heavy atom. The van der Waals surface area contributed by atoms with Gasteiger partial charge in [-0.1, -0.05) is 127 Å². The Bertz CT molecular complexity index is 1200. The standard InChI is InChI=1S/C41H70O12S/c1-3-5-7-9-11-13-14-15-16-17-18-19-20-22-23-25-27-29-36(42)50-31-34(52-37(43)30-28-26-24-21-12-10-8-6-4-2)32-51-41-40(46)39(45)38(44)35(53-41)33-54(47,48)49/h11,13,15-16,18-19,22-23,34-35,38-41,44-46H,3-10,12,14,17,20-21,24-33H2,1-2H3,(H,47,48,49)/b13-11+,16-15+,19-18+,23-22+/t34-,35-,38-,39?,40?,41+/m1/s1. The molecule has 0 spiro atoms. The molecule has 0 aromatic rings. The van der Waals surface area contributed by atoms with Crippen LogP contribution in [-0.2, 0) is 38.7 Å². The van der Waals surface area contributed by atoms with Crippen molar-refractivity contribution < 1.29 is 56.8 Å². The van der Waals surface area contributed by atoms with Crippen molar-refractivity contribution in [2.45, 2.75) is 179 Å². The molecule has 0 aliphatic carbocycles. The number of aliphatic hydroxyl groups is 3. The van der Waals surface area contributed by atoms with Crippen LogP contribution in [0.3, 0.4) is 0 Å². The van der Waals surface area contributed by atoms with E-state index in [9.17, 15) is 37.9 Å². The molecule has 12 nitrogen and oxygen atoms in total. The zero-order chi connectivity index (χ0) is 39.9. The van der Waals surface area contributed by atoms with E-state index in [4.69, 9.17) is 18.9 Å². The number of aliphatic hydroxyl groups excluding tert-OH is 3. The fraction of sp³-hybridized carbons (Fsp3) is 0.756. The van der Waals surface area contributed by atoms with Gasteiger partial charge >= 0.3 is 11.9 Å². The number of hydrogen-bond donors (Lipinski definition) is 4. The van der Waals surface area contributed by atoms with Crippen molar-refractivity contribution in [2.75, 3.05) is 19.0 Å². The van der Waals surface area contributed by atoms with Gasteiger partial charge in [0.05, 0.1) is 6.61 Å². The van der Waals surface area contributed by atoms with Gasteiger partial charge in [0.2, 0.25) is 0 Å². The van der Waals surface area contributed by atoms with Crippen LogP contribution in [0.2, 0.25) is 0 Å². The Kier molecular flexibility index (Phi) is 29.2. The second-order valence-electron chi connectivity index (χ2n) is 14.0. The minimum atomic E-state index is -4.60. The van der Waals surface area contributed by atoms with Crippen molar-refractivity contribution in [3.63, 3.8) is 0 Å². The van der Waals surface area contributed by atoms with E-state index in [0.717, 1.165) is 44.9 Å². The summed E-state index contributed by atoms with van der Waals surface area (Å²) in [5.41, 5.74) is 0. The third-order valence-electron chi connectivity index (χ3n) is 8.91. The molecule has 1 fully saturated rings. The Hall–Kier alpha value is -2.39. The van der Waals surface area contributed by atoms with Gasteiger partial charge in [-0.25, -0.2) is 0 Å². The van der Waals surface area contributed by atoms with E-state index in [1.54, 1.807) is 0 Å². The maximum absolute atomic E-state index is 12.7. The van der Waals surface area contributed by atoms with Crippen molar-refractivity contribution in [1.82, 2.24) is 0 Å². The minimum absolute atomic E-state index is 0.143. The monoisotopic (exact) mass is 786 g/mol. The van der Waals surface area contributed by atoms with Crippen molar-refractivity contribution in [1.29, 1.82) is 0 Å². The third-order valence-corrected chi connectivity index (χ3v) is 9.66. The highest BCUT2D eigenvalue weighted by Crippen LogP contribution is 2.24. The highest BCUT2D eigenvalue weighted by Gasteiger charge is 2.46. The molecule has 0 bridgehead atoms. The second kappa shape index (κ2) is 31.8. The molecule has 0 amide bonds. The molecule has 1 heterocycles. The molecule has 6 atom stereocenters. The van der Waals surface area contributed by atoms with Crippen LogP contribution in [0.25, 0.3) is 0 Å². The predicted molar refractivity (Wildman–Crippen MR) is 210 cm³/mol. The third kappa shape index (κ3) is 26.4. The summed E-state index contributed by atoms with van der Waals surface area (Å²) in [5, 5.41) is 30.7. The van der Waals surface area contributed by atoms with Crippen molar-refractivity contribution in [2.24, 2.45) is 0 Å². The molecule has 1 aliphatic rings. The Morgan fingerprint density at radius 3 is 1.70 bits per heavy atom.